The summed E-state index contributed by atoms with van der Waals surface area (Å²) in [5, 5.41) is 15.9. The molecule has 8 nitrogen and oxygen atoms in total. The molecule has 0 aliphatic carbocycles. The molecule has 2 amide bonds. The first-order valence-corrected chi connectivity index (χ1v) is 13.8. The largest absolute Gasteiger partial charge is 0.497 e. The van der Waals surface area contributed by atoms with Crippen molar-refractivity contribution in [2.45, 2.75) is 30.5 Å². The molecule has 1 aromatic heterocycles. The third-order valence-corrected chi connectivity index (χ3v) is 7.60. The van der Waals surface area contributed by atoms with E-state index in [2.05, 4.69) is 16.7 Å². The van der Waals surface area contributed by atoms with Gasteiger partial charge >= 0.3 is 0 Å². The molecule has 4 aromatic rings. The molecule has 0 saturated heterocycles. The summed E-state index contributed by atoms with van der Waals surface area (Å²) in [6.45, 7) is 3.35. The van der Waals surface area contributed by atoms with Crippen LogP contribution < -0.4 is 20.1 Å². The second-order valence-corrected chi connectivity index (χ2v) is 10.2. The van der Waals surface area contributed by atoms with Crippen molar-refractivity contribution in [1.82, 2.24) is 4.98 Å². The molecule has 0 spiro atoms. The number of hydrogen-bond donors (Lipinski definition) is 2. The highest BCUT2D eigenvalue weighted by Crippen LogP contribution is 2.41. The molecule has 4 rings (SSSR count). The summed E-state index contributed by atoms with van der Waals surface area (Å²) in [5.74, 6) is 0.804. The van der Waals surface area contributed by atoms with Crippen LogP contribution in [0.3, 0.4) is 0 Å². The molecule has 41 heavy (non-hydrogen) atoms. The highest BCUT2D eigenvalue weighted by molar-refractivity contribution is 8.00. The Hall–Kier alpha value is -4.81. The molecule has 0 radical (unpaired) electrons. The van der Waals surface area contributed by atoms with E-state index >= 15 is 0 Å². The van der Waals surface area contributed by atoms with Gasteiger partial charge in [0.2, 0.25) is 11.8 Å². The van der Waals surface area contributed by atoms with Gasteiger partial charge in [-0.15, -0.1) is 0 Å². The maximum absolute atomic E-state index is 13.4. The molecular weight excluding hydrogens is 536 g/mol. The van der Waals surface area contributed by atoms with Crippen molar-refractivity contribution in [2.75, 3.05) is 24.9 Å². The van der Waals surface area contributed by atoms with E-state index in [0.717, 1.165) is 5.56 Å². The molecule has 0 bridgehead atoms. The highest BCUT2D eigenvalue weighted by Gasteiger charge is 2.25. The number of carbonyl (C=O) groups excluding carboxylic acids is 2. The number of aromatic nitrogens is 1. The van der Waals surface area contributed by atoms with Crippen molar-refractivity contribution >= 4 is 35.0 Å². The lowest BCUT2D eigenvalue weighted by molar-refractivity contribution is -0.116. The van der Waals surface area contributed by atoms with Crippen molar-refractivity contribution in [2.24, 2.45) is 0 Å². The van der Waals surface area contributed by atoms with Crippen LogP contribution in [0.2, 0.25) is 0 Å². The number of methoxy groups -OCH3 is 2. The molecule has 9 heteroatoms. The molecule has 0 aliphatic rings. The number of amides is 2. The molecule has 0 aliphatic heterocycles. The summed E-state index contributed by atoms with van der Waals surface area (Å²) in [5.41, 5.74) is 4.42. The molecule has 0 saturated carbocycles. The van der Waals surface area contributed by atoms with Crippen LogP contribution in [0.5, 0.6) is 11.5 Å². The Kier molecular flexibility index (Phi) is 9.61. The maximum Gasteiger partial charge on any atom is 0.237 e. The first-order chi connectivity index (χ1) is 19.9. The lowest BCUT2D eigenvalue weighted by Crippen LogP contribution is -2.25. The second kappa shape index (κ2) is 13.5. The minimum atomic E-state index is -0.532. The quantitative estimate of drug-likeness (QED) is 0.204. The van der Waals surface area contributed by atoms with E-state index in [1.54, 1.807) is 50.6 Å². The van der Waals surface area contributed by atoms with Gasteiger partial charge in [-0.1, -0.05) is 49.0 Å². The zero-order chi connectivity index (χ0) is 29.4. The van der Waals surface area contributed by atoms with Crippen LogP contribution in [0.25, 0.3) is 22.4 Å². The average Bonchev–Trinajstić information content (AvgIpc) is 3.00. The van der Waals surface area contributed by atoms with Crippen molar-refractivity contribution in [3.05, 3.63) is 84.4 Å². The maximum atomic E-state index is 13.4. The Morgan fingerprint density at radius 2 is 1.61 bits per heavy atom. The van der Waals surface area contributed by atoms with E-state index in [4.69, 9.17) is 14.5 Å². The number of ether oxygens (including phenoxy) is 2. The Labute approximate surface area is 243 Å². The predicted molar refractivity (Wildman–Crippen MR) is 162 cm³/mol. The van der Waals surface area contributed by atoms with Gasteiger partial charge in [0.25, 0.3) is 0 Å². The Balaban J connectivity index is 1.75. The number of hydrogen-bond acceptors (Lipinski definition) is 7. The molecule has 1 atom stereocenters. The minimum absolute atomic E-state index is 0.173. The third kappa shape index (κ3) is 7.04. The third-order valence-electron chi connectivity index (χ3n) is 6.25. The molecule has 3 aromatic carbocycles. The minimum Gasteiger partial charge on any atom is -0.497 e. The van der Waals surface area contributed by atoms with Crippen molar-refractivity contribution in [3.63, 3.8) is 0 Å². The SMILES string of the molecule is CCC(Sc1nc(-c2ccccc2)cc(-c2cc(OC)ccc2OC)c1C#N)C(=O)Nc1ccc(NC(C)=O)cc1. The summed E-state index contributed by atoms with van der Waals surface area (Å²) >= 11 is 1.25. The number of thioether (sulfide) groups is 1. The molecular formula is C32H30N4O4S. The van der Waals surface area contributed by atoms with Crippen LogP contribution in [-0.2, 0) is 9.59 Å². The monoisotopic (exact) mass is 566 g/mol. The van der Waals surface area contributed by atoms with Gasteiger partial charge < -0.3 is 20.1 Å². The summed E-state index contributed by atoms with van der Waals surface area (Å²) in [6.07, 6.45) is 0.500. The van der Waals surface area contributed by atoms with Crippen LogP contribution in [0, 0.1) is 11.3 Å². The number of nitrogens with one attached hydrogen (secondary N) is 2. The predicted octanol–water partition coefficient (Wildman–Crippen LogP) is 6.77. The highest BCUT2D eigenvalue weighted by atomic mass is 32.2. The van der Waals surface area contributed by atoms with Gasteiger partial charge in [-0.2, -0.15) is 5.26 Å². The van der Waals surface area contributed by atoms with E-state index in [0.29, 0.717) is 56.7 Å². The van der Waals surface area contributed by atoms with Gasteiger partial charge in [0, 0.05) is 35.0 Å². The molecule has 0 fully saturated rings. The standard InChI is InChI=1S/C32H30N4O4S/c1-5-30(31(38)35-23-13-11-22(12-14-23)34-20(2)37)41-32-27(19-33)25(18-28(36-32)21-9-7-6-8-10-21)26-17-24(39-3)15-16-29(26)40-4/h6-18,30H,5H2,1-4H3,(H,34,37)(H,35,38). The zero-order valence-corrected chi connectivity index (χ0v) is 24.0. The van der Waals surface area contributed by atoms with Gasteiger partial charge in [-0.3, -0.25) is 9.59 Å². The van der Waals surface area contributed by atoms with Crippen LogP contribution >= 0.6 is 11.8 Å². The Bertz CT molecular complexity index is 1580. The van der Waals surface area contributed by atoms with Crippen LogP contribution in [-0.4, -0.2) is 36.3 Å². The van der Waals surface area contributed by atoms with Crippen molar-refractivity contribution in [3.8, 4) is 40.0 Å². The number of nitriles is 1. The smallest absolute Gasteiger partial charge is 0.237 e. The second-order valence-electron chi connectivity index (χ2n) is 9.04. The van der Waals surface area contributed by atoms with Crippen LogP contribution in [0.4, 0.5) is 11.4 Å². The number of nitrogens with zero attached hydrogens (tertiary/aromatic N) is 2. The van der Waals surface area contributed by atoms with Crippen molar-refractivity contribution in [1.29, 1.82) is 5.26 Å². The Morgan fingerprint density at radius 1 is 0.927 bits per heavy atom. The summed E-state index contributed by atoms with van der Waals surface area (Å²) < 4.78 is 11.1. The molecule has 1 heterocycles. The number of pyridine rings is 1. The van der Waals surface area contributed by atoms with Gasteiger partial charge in [0.15, 0.2) is 0 Å². The van der Waals surface area contributed by atoms with E-state index in [1.165, 1.54) is 18.7 Å². The van der Waals surface area contributed by atoms with Gasteiger partial charge in [0.1, 0.15) is 22.6 Å². The topological polar surface area (TPSA) is 113 Å². The normalized spacial score (nSPS) is 11.2. The van der Waals surface area contributed by atoms with Crippen molar-refractivity contribution < 1.29 is 19.1 Å². The number of rotatable bonds is 10. The fraction of sp³-hybridized carbons (Fsp3) is 0.188. The molecule has 1 unspecified atom stereocenters. The summed E-state index contributed by atoms with van der Waals surface area (Å²) in [7, 11) is 3.16. The molecule has 2 N–H and O–H groups in total. The summed E-state index contributed by atoms with van der Waals surface area (Å²) in [6, 6.07) is 26.2. The van der Waals surface area contributed by atoms with E-state index in [1.807, 2.05) is 49.4 Å². The van der Waals surface area contributed by atoms with Crippen LogP contribution in [0.1, 0.15) is 25.8 Å². The number of anilines is 2. The van der Waals surface area contributed by atoms with Gasteiger partial charge in [-0.25, -0.2) is 4.98 Å². The fourth-order valence-corrected chi connectivity index (χ4v) is 5.26. The fourth-order valence-electron chi connectivity index (χ4n) is 4.23. The van der Waals surface area contributed by atoms with Gasteiger partial charge in [0.05, 0.1) is 30.7 Å². The first kappa shape index (κ1) is 29.2. The van der Waals surface area contributed by atoms with Crippen LogP contribution in [0.15, 0.2) is 83.9 Å². The lowest BCUT2D eigenvalue weighted by atomic mass is 9.98. The van der Waals surface area contributed by atoms with E-state index in [-0.39, 0.29) is 11.8 Å². The summed E-state index contributed by atoms with van der Waals surface area (Å²) in [4.78, 5) is 29.5. The number of carbonyl (C=O) groups is 2. The van der Waals surface area contributed by atoms with Gasteiger partial charge in [-0.05, 0) is 55.0 Å². The number of benzene rings is 3. The van der Waals surface area contributed by atoms with E-state index < -0.39 is 5.25 Å². The zero-order valence-electron chi connectivity index (χ0n) is 23.2. The average molecular weight is 567 g/mol. The Morgan fingerprint density at radius 3 is 2.20 bits per heavy atom. The molecule has 208 valence electrons. The lowest BCUT2D eigenvalue weighted by Gasteiger charge is -2.18. The van der Waals surface area contributed by atoms with E-state index in [9.17, 15) is 14.9 Å². The first-order valence-electron chi connectivity index (χ1n) is 12.9.